The van der Waals surface area contributed by atoms with Gasteiger partial charge in [-0.15, -0.1) is 0 Å². The topological polar surface area (TPSA) is 44.4 Å². The molecule has 2 aliphatic rings. The van der Waals surface area contributed by atoms with Crippen molar-refractivity contribution in [3.05, 3.63) is 22.7 Å². The molecule has 5 heteroatoms. The molecule has 20 heavy (non-hydrogen) atoms. The van der Waals surface area contributed by atoms with E-state index in [4.69, 9.17) is 11.6 Å². The summed E-state index contributed by atoms with van der Waals surface area (Å²) in [6.45, 7) is 6.57. The summed E-state index contributed by atoms with van der Waals surface area (Å²) in [7, 11) is 1.78. The molecular formula is C15H20ClN3O. The lowest BCUT2D eigenvalue weighted by Gasteiger charge is -2.21. The van der Waals surface area contributed by atoms with Crippen LogP contribution in [0.15, 0.2) is 12.1 Å². The second kappa shape index (κ2) is 4.93. The van der Waals surface area contributed by atoms with E-state index in [-0.39, 0.29) is 11.9 Å². The summed E-state index contributed by atoms with van der Waals surface area (Å²) in [5, 5.41) is 6.66. The van der Waals surface area contributed by atoms with E-state index in [1.54, 1.807) is 7.05 Å². The zero-order valence-corrected chi connectivity index (χ0v) is 12.8. The van der Waals surface area contributed by atoms with Crippen molar-refractivity contribution < 1.29 is 4.79 Å². The van der Waals surface area contributed by atoms with Crippen molar-refractivity contribution in [3.8, 4) is 0 Å². The minimum absolute atomic E-state index is 0.0149. The van der Waals surface area contributed by atoms with E-state index < -0.39 is 0 Å². The van der Waals surface area contributed by atoms with Crippen LogP contribution in [0.1, 0.15) is 25.5 Å². The van der Waals surface area contributed by atoms with E-state index in [9.17, 15) is 4.79 Å². The van der Waals surface area contributed by atoms with Crippen LogP contribution in [-0.2, 0) is 4.79 Å². The molecule has 0 bridgehead atoms. The zero-order chi connectivity index (χ0) is 14.4. The number of fused-ring (bicyclic) bond motifs is 1. The van der Waals surface area contributed by atoms with Gasteiger partial charge in [-0.1, -0.05) is 25.4 Å². The van der Waals surface area contributed by atoms with Crippen molar-refractivity contribution in [1.82, 2.24) is 5.32 Å². The van der Waals surface area contributed by atoms with Gasteiger partial charge in [0.2, 0.25) is 5.91 Å². The molecule has 2 N–H and O–H groups in total. The molecule has 2 aliphatic heterocycles. The Balaban J connectivity index is 1.96. The van der Waals surface area contributed by atoms with Gasteiger partial charge in [0.1, 0.15) is 6.04 Å². The monoisotopic (exact) mass is 293 g/mol. The fraction of sp³-hybridized carbons (Fsp3) is 0.533. The van der Waals surface area contributed by atoms with Gasteiger partial charge in [-0.3, -0.25) is 4.79 Å². The Morgan fingerprint density at radius 1 is 1.30 bits per heavy atom. The third kappa shape index (κ3) is 2.07. The van der Waals surface area contributed by atoms with Gasteiger partial charge in [-0.05, 0) is 31.0 Å². The summed E-state index contributed by atoms with van der Waals surface area (Å²) < 4.78 is 0. The van der Waals surface area contributed by atoms with Crippen molar-refractivity contribution in [1.29, 1.82) is 0 Å². The molecule has 108 valence electrons. The van der Waals surface area contributed by atoms with Crippen LogP contribution in [0.3, 0.4) is 0 Å². The van der Waals surface area contributed by atoms with Crippen LogP contribution in [-0.4, -0.2) is 26.0 Å². The fourth-order valence-electron chi connectivity index (χ4n) is 3.13. The van der Waals surface area contributed by atoms with Crippen LogP contribution in [0.2, 0.25) is 5.02 Å². The second-order valence-electron chi connectivity index (χ2n) is 5.96. The Bertz CT molecular complexity index is 550. The number of likely N-dealkylation sites (N-methyl/N-ethyl adjacent to an activating group) is 1. The minimum atomic E-state index is -0.298. The molecule has 3 rings (SSSR count). The number of rotatable bonds is 2. The van der Waals surface area contributed by atoms with Gasteiger partial charge >= 0.3 is 0 Å². The average molecular weight is 294 g/mol. The van der Waals surface area contributed by atoms with Gasteiger partial charge in [-0.25, -0.2) is 0 Å². The van der Waals surface area contributed by atoms with E-state index in [1.807, 2.05) is 12.1 Å². The predicted molar refractivity (Wildman–Crippen MR) is 82.4 cm³/mol. The highest BCUT2D eigenvalue weighted by atomic mass is 35.5. The van der Waals surface area contributed by atoms with Gasteiger partial charge in [0.25, 0.3) is 0 Å². The van der Waals surface area contributed by atoms with Gasteiger partial charge in [0.05, 0.1) is 10.7 Å². The van der Waals surface area contributed by atoms with Crippen LogP contribution in [0, 0.1) is 11.8 Å². The summed E-state index contributed by atoms with van der Waals surface area (Å²) in [6, 6.07) is 3.63. The smallest absolute Gasteiger partial charge is 0.246 e. The SMILES string of the molecule is CNC1C(=O)Nc2cc(N3CC(C)C(C)C3)c(Cl)cc21. The second-order valence-corrected chi connectivity index (χ2v) is 6.37. The zero-order valence-electron chi connectivity index (χ0n) is 12.0. The Morgan fingerprint density at radius 2 is 1.95 bits per heavy atom. The number of anilines is 2. The molecule has 4 nitrogen and oxygen atoms in total. The summed E-state index contributed by atoms with van der Waals surface area (Å²) >= 11 is 6.44. The lowest BCUT2D eigenvalue weighted by atomic mass is 10.0. The normalized spacial score (nSPS) is 28.7. The molecule has 1 aromatic carbocycles. The van der Waals surface area contributed by atoms with Crippen molar-refractivity contribution in [2.45, 2.75) is 19.9 Å². The third-order valence-electron chi connectivity index (χ3n) is 4.57. The van der Waals surface area contributed by atoms with E-state index in [1.165, 1.54) is 0 Å². The van der Waals surface area contributed by atoms with Gasteiger partial charge in [0, 0.05) is 24.3 Å². The van der Waals surface area contributed by atoms with Crippen LogP contribution in [0.4, 0.5) is 11.4 Å². The van der Waals surface area contributed by atoms with Crippen LogP contribution in [0.5, 0.6) is 0 Å². The van der Waals surface area contributed by atoms with E-state index in [0.717, 1.165) is 35.1 Å². The first-order valence-electron chi connectivity index (χ1n) is 7.07. The number of nitrogens with one attached hydrogen (secondary N) is 2. The molecule has 0 spiro atoms. The van der Waals surface area contributed by atoms with Crippen molar-refractivity contribution in [2.75, 3.05) is 30.4 Å². The average Bonchev–Trinajstić information content (AvgIpc) is 2.88. The molecule has 3 atom stereocenters. The summed E-state index contributed by atoms with van der Waals surface area (Å²) in [4.78, 5) is 14.2. The first-order chi connectivity index (χ1) is 9.51. The molecule has 1 amide bonds. The standard InChI is InChI=1S/C15H20ClN3O/c1-8-6-19(7-9(8)2)13-5-12-10(4-11(13)16)14(17-3)15(20)18-12/h4-5,8-9,14,17H,6-7H2,1-3H3,(H,18,20). The number of hydrogen-bond acceptors (Lipinski definition) is 3. The molecule has 3 unspecified atom stereocenters. The van der Waals surface area contributed by atoms with E-state index >= 15 is 0 Å². The molecule has 0 aliphatic carbocycles. The molecule has 1 aromatic rings. The molecule has 0 saturated carbocycles. The fourth-order valence-corrected chi connectivity index (χ4v) is 3.42. The highest BCUT2D eigenvalue weighted by molar-refractivity contribution is 6.33. The van der Waals surface area contributed by atoms with E-state index in [2.05, 4.69) is 29.4 Å². The predicted octanol–water partition coefficient (Wildman–Crippen LogP) is 2.64. The van der Waals surface area contributed by atoms with Crippen molar-refractivity contribution >= 4 is 28.9 Å². The Kier molecular flexibility index (Phi) is 3.38. The number of carbonyl (C=O) groups is 1. The number of benzene rings is 1. The van der Waals surface area contributed by atoms with E-state index in [0.29, 0.717) is 11.8 Å². The Morgan fingerprint density at radius 3 is 2.55 bits per heavy atom. The summed E-state index contributed by atoms with van der Waals surface area (Å²) in [5.41, 5.74) is 2.84. The number of amides is 1. The molecule has 1 saturated heterocycles. The molecule has 0 aromatic heterocycles. The van der Waals surface area contributed by atoms with Crippen molar-refractivity contribution in [2.24, 2.45) is 11.8 Å². The molecular weight excluding hydrogens is 274 g/mol. The number of nitrogens with zero attached hydrogens (tertiary/aromatic N) is 1. The van der Waals surface area contributed by atoms with Gasteiger partial charge in [0.15, 0.2) is 0 Å². The first-order valence-corrected chi connectivity index (χ1v) is 7.45. The maximum Gasteiger partial charge on any atom is 0.246 e. The molecule has 0 radical (unpaired) electrons. The third-order valence-corrected chi connectivity index (χ3v) is 4.87. The Labute approximate surface area is 124 Å². The highest BCUT2D eigenvalue weighted by Gasteiger charge is 2.33. The number of halogens is 1. The highest BCUT2D eigenvalue weighted by Crippen LogP contribution is 2.40. The molecule has 1 fully saturated rings. The Hall–Kier alpha value is -1.26. The number of hydrogen-bond donors (Lipinski definition) is 2. The lowest BCUT2D eigenvalue weighted by Crippen LogP contribution is -2.23. The maximum atomic E-state index is 11.9. The van der Waals surface area contributed by atoms with Gasteiger partial charge < -0.3 is 15.5 Å². The van der Waals surface area contributed by atoms with Gasteiger partial charge in [-0.2, -0.15) is 0 Å². The largest absolute Gasteiger partial charge is 0.370 e. The first kappa shape index (κ1) is 13.7. The maximum absolute atomic E-state index is 11.9. The molecule has 2 heterocycles. The summed E-state index contributed by atoms with van der Waals surface area (Å²) in [5.74, 6) is 1.32. The van der Waals surface area contributed by atoms with Crippen LogP contribution < -0.4 is 15.5 Å². The minimum Gasteiger partial charge on any atom is -0.370 e. The van der Waals surface area contributed by atoms with Crippen molar-refractivity contribution in [3.63, 3.8) is 0 Å². The number of carbonyl (C=O) groups excluding carboxylic acids is 1. The quantitative estimate of drug-likeness (QED) is 0.881. The van der Waals surface area contributed by atoms with Crippen LogP contribution >= 0.6 is 11.6 Å². The summed E-state index contributed by atoms with van der Waals surface area (Å²) in [6.07, 6.45) is 0. The van der Waals surface area contributed by atoms with Crippen LogP contribution in [0.25, 0.3) is 0 Å². The lowest BCUT2D eigenvalue weighted by molar-refractivity contribution is -0.117.